The van der Waals surface area contributed by atoms with Crippen LogP contribution < -0.4 is 5.32 Å². The highest BCUT2D eigenvalue weighted by molar-refractivity contribution is 6.34. The number of carbonyl (C=O) groups is 2. The molecule has 0 aliphatic carbocycles. The van der Waals surface area contributed by atoms with Crippen LogP contribution in [0.25, 0.3) is 0 Å². The molecule has 1 amide bonds. The number of ether oxygens (including phenoxy) is 1. The summed E-state index contributed by atoms with van der Waals surface area (Å²) < 4.78 is 5.05. The number of benzene rings is 1. The highest BCUT2D eigenvalue weighted by Crippen LogP contribution is 2.24. The van der Waals surface area contributed by atoms with E-state index in [0.717, 1.165) is 32.5 Å². The predicted octanol–water partition coefficient (Wildman–Crippen LogP) is 0.898. The van der Waals surface area contributed by atoms with E-state index < -0.39 is 18.1 Å². The monoisotopic (exact) mass is 274 g/mol. The van der Waals surface area contributed by atoms with Crippen LogP contribution in [-0.4, -0.2) is 36.1 Å². The van der Waals surface area contributed by atoms with E-state index in [4.69, 9.17) is 4.74 Å². The number of carbonyl (C=O) groups excluding carboxylic acids is 2. The van der Waals surface area contributed by atoms with E-state index in [9.17, 15) is 9.59 Å². The average Bonchev–Trinajstić information content (AvgIpc) is 2.81. The predicted molar refractivity (Wildman–Crippen MR) is 72.5 cm³/mol. The molecule has 1 unspecified atom stereocenters. The first-order valence-electron chi connectivity index (χ1n) is 7.00. The molecule has 1 N–H and O–H groups in total. The first kappa shape index (κ1) is 13.1. The van der Waals surface area contributed by atoms with Gasteiger partial charge in [-0.1, -0.05) is 30.3 Å². The topological polar surface area (TPSA) is 58.6 Å². The lowest BCUT2D eigenvalue weighted by atomic mass is 9.95. The minimum absolute atomic E-state index is 0.234. The minimum Gasteiger partial charge on any atom is -0.434 e. The number of likely N-dealkylation sites (tertiary alicyclic amines) is 1. The Balaban J connectivity index is 1.50. The summed E-state index contributed by atoms with van der Waals surface area (Å²) in [7, 11) is 0. The zero-order chi connectivity index (χ0) is 13.9. The maximum absolute atomic E-state index is 11.1. The van der Waals surface area contributed by atoms with Gasteiger partial charge in [-0.15, -0.1) is 0 Å². The standard InChI is InChI=1S/C15H18N2O3/c18-13-15(19)20-14(16-13)12-6-8-17(9-7-12)10-11-4-2-1-3-5-11/h1-5,12,14H,6-10H2,(H,16,18). The van der Waals surface area contributed by atoms with Crippen LogP contribution in [0.1, 0.15) is 18.4 Å². The number of amides is 1. The molecule has 1 aromatic carbocycles. The molecule has 0 bridgehead atoms. The van der Waals surface area contributed by atoms with Gasteiger partial charge in [-0.3, -0.25) is 9.69 Å². The third-order valence-electron chi connectivity index (χ3n) is 4.00. The van der Waals surface area contributed by atoms with Gasteiger partial charge in [0.2, 0.25) is 0 Å². The maximum Gasteiger partial charge on any atom is 0.398 e. The second-order valence-corrected chi connectivity index (χ2v) is 5.40. The Hall–Kier alpha value is -1.88. The molecule has 20 heavy (non-hydrogen) atoms. The Morgan fingerprint density at radius 3 is 2.45 bits per heavy atom. The third kappa shape index (κ3) is 2.82. The number of hydrogen-bond donors (Lipinski definition) is 1. The molecule has 0 aromatic heterocycles. The zero-order valence-electron chi connectivity index (χ0n) is 11.2. The zero-order valence-corrected chi connectivity index (χ0v) is 11.2. The van der Waals surface area contributed by atoms with Crippen molar-refractivity contribution in [3.05, 3.63) is 35.9 Å². The van der Waals surface area contributed by atoms with Gasteiger partial charge in [0.1, 0.15) is 0 Å². The molecule has 0 spiro atoms. The van der Waals surface area contributed by atoms with Gasteiger partial charge in [0.15, 0.2) is 6.23 Å². The molecular formula is C15H18N2O3. The van der Waals surface area contributed by atoms with E-state index in [1.54, 1.807) is 0 Å². The molecule has 0 radical (unpaired) electrons. The first-order chi connectivity index (χ1) is 9.72. The molecule has 5 nitrogen and oxygen atoms in total. The molecule has 1 aromatic rings. The van der Waals surface area contributed by atoms with Crippen molar-refractivity contribution in [1.29, 1.82) is 0 Å². The Kier molecular flexibility index (Phi) is 3.69. The molecule has 0 saturated carbocycles. The highest BCUT2D eigenvalue weighted by Gasteiger charge is 2.38. The van der Waals surface area contributed by atoms with Crippen molar-refractivity contribution in [2.75, 3.05) is 13.1 Å². The van der Waals surface area contributed by atoms with Gasteiger partial charge >= 0.3 is 11.9 Å². The summed E-state index contributed by atoms with van der Waals surface area (Å²) in [5.74, 6) is -1.12. The van der Waals surface area contributed by atoms with Crippen molar-refractivity contribution in [1.82, 2.24) is 10.2 Å². The summed E-state index contributed by atoms with van der Waals surface area (Å²) in [6, 6.07) is 10.4. The fraction of sp³-hybridized carbons (Fsp3) is 0.467. The van der Waals surface area contributed by atoms with Crippen LogP contribution in [0, 0.1) is 5.92 Å². The van der Waals surface area contributed by atoms with Crippen molar-refractivity contribution >= 4 is 11.9 Å². The summed E-state index contributed by atoms with van der Waals surface area (Å²) in [6.45, 7) is 2.87. The summed E-state index contributed by atoms with van der Waals surface area (Å²) in [6.07, 6.45) is 1.45. The van der Waals surface area contributed by atoms with Crippen LogP contribution in [0.5, 0.6) is 0 Å². The number of esters is 1. The van der Waals surface area contributed by atoms with Crippen molar-refractivity contribution in [2.24, 2.45) is 5.92 Å². The van der Waals surface area contributed by atoms with E-state index in [2.05, 4.69) is 34.5 Å². The Morgan fingerprint density at radius 1 is 1.15 bits per heavy atom. The maximum atomic E-state index is 11.1. The fourth-order valence-corrected chi connectivity index (χ4v) is 2.86. The summed E-state index contributed by atoms with van der Waals surface area (Å²) in [5, 5.41) is 2.61. The highest BCUT2D eigenvalue weighted by atomic mass is 16.6. The van der Waals surface area contributed by atoms with Gasteiger partial charge in [0.05, 0.1) is 0 Å². The lowest BCUT2D eigenvalue weighted by Gasteiger charge is -2.33. The quantitative estimate of drug-likeness (QED) is 0.657. The van der Waals surface area contributed by atoms with Crippen LogP contribution in [0.3, 0.4) is 0 Å². The van der Waals surface area contributed by atoms with Gasteiger partial charge in [0, 0.05) is 12.5 Å². The number of nitrogens with one attached hydrogen (secondary N) is 1. The van der Waals surface area contributed by atoms with Crippen molar-refractivity contribution < 1.29 is 14.3 Å². The van der Waals surface area contributed by atoms with Crippen molar-refractivity contribution in [2.45, 2.75) is 25.6 Å². The van der Waals surface area contributed by atoms with Gasteiger partial charge in [-0.05, 0) is 31.5 Å². The fourth-order valence-electron chi connectivity index (χ4n) is 2.86. The van der Waals surface area contributed by atoms with Crippen molar-refractivity contribution in [3.8, 4) is 0 Å². The van der Waals surface area contributed by atoms with E-state index >= 15 is 0 Å². The minimum atomic E-state index is -0.748. The molecule has 3 rings (SSSR count). The number of cyclic esters (lactones) is 1. The second-order valence-electron chi connectivity index (χ2n) is 5.40. The molecular weight excluding hydrogens is 256 g/mol. The van der Waals surface area contributed by atoms with E-state index in [0.29, 0.717) is 0 Å². The van der Waals surface area contributed by atoms with Gasteiger partial charge in [-0.25, -0.2) is 4.79 Å². The molecule has 1 atom stereocenters. The molecule has 2 heterocycles. The normalized spacial score (nSPS) is 24.5. The second kappa shape index (κ2) is 5.63. The summed E-state index contributed by atoms with van der Waals surface area (Å²) >= 11 is 0. The number of rotatable bonds is 3. The first-order valence-corrected chi connectivity index (χ1v) is 7.00. The van der Waals surface area contributed by atoms with Crippen LogP contribution in [0.2, 0.25) is 0 Å². The molecule has 2 aliphatic rings. The largest absolute Gasteiger partial charge is 0.434 e. The molecule has 2 saturated heterocycles. The molecule has 5 heteroatoms. The number of nitrogens with zero attached hydrogens (tertiary/aromatic N) is 1. The SMILES string of the molecule is O=C1NC(C2CCN(Cc3ccccc3)CC2)OC1=O. The van der Waals surface area contributed by atoms with Crippen LogP contribution in [0.4, 0.5) is 0 Å². The Labute approximate surface area is 117 Å². The molecule has 2 aliphatic heterocycles. The summed E-state index contributed by atoms with van der Waals surface area (Å²) in [4.78, 5) is 24.6. The van der Waals surface area contributed by atoms with Crippen LogP contribution in [0.15, 0.2) is 30.3 Å². The Morgan fingerprint density at radius 2 is 1.85 bits per heavy atom. The molecule has 106 valence electrons. The average molecular weight is 274 g/mol. The lowest BCUT2D eigenvalue weighted by Crippen LogP contribution is -2.41. The van der Waals surface area contributed by atoms with E-state index in [1.807, 2.05) is 6.07 Å². The van der Waals surface area contributed by atoms with E-state index in [-0.39, 0.29) is 5.92 Å². The number of piperidine rings is 1. The Bertz CT molecular complexity index is 479. The lowest BCUT2D eigenvalue weighted by molar-refractivity contribution is -0.150. The molecule has 2 fully saturated rings. The van der Waals surface area contributed by atoms with Crippen LogP contribution >= 0.6 is 0 Å². The van der Waals surface area contributed by atoms with Crippen LogP contribution in [-0.2, 0) is 20.9 Å². The van der Waals surface area contributed by atoms with Gasteiger partial charge < -0.3 is 10.1 Å². The number of hydrogen-bond acceptors (Lipinski definition) is 4. The summed E-state index contributed by atoms with van der Waals surface area (Å²) in [5.41, 5.74) is 1.31. The smallest absolute Gasteiger partial charge is 0.398 e. The van der Waals surface area contributed by atoms with Gasteiger partial charge in [0.25, 0.3) is 0 Å². The third-order valence-corrected chi connectivity index (χ3v) is 4.00. The van der Waals surface area contributed by atoms with E-state index in [1.165, 1.54) is 5.56 Å². The van der Waals surface area contributed by atoms with Crippen molar-refractivity contribution in [3.63, 3.8) is 0 Å². The van der Waals surface area contributed by atoms with Gasteiger partial charge in [-0.2, -0.15) is 0 Å².